The lowest BCUT2D eigenvalue weighted by molar-refractivity contribution is 0.0995. The Labute approximate surface area is 129 Å². The summed E-state index contributed by atoms with van der Waals surface area (Å²) in [7, 11) is 0. The number of aryl methyl sites for hydroxylation is 1. The van der Waals surface area contributed by atoms with Gasteiger partial charge in [-0.05, 0) is 47.1 Å². The second-order valence-corrected chi connectivity index (χ2v) is 5.30. The van der Waals surface area contributed by atoms with Crippen LogP contribution in [-0.2, 0) is 0 Å². The Hall–Kier alpha value is -2.34. The number of nitrogens with zero attached hydrogens (tertiary/aromatic N) is 1. The molecule has 6 heteroatoms. The number of furan rings is 1. The number of hydrogen-bond acceptors (Lipinski definition) is 3. The molecule has 0 radical (unpaired) electrons. The van der Waals surface area contributed by atoms with Gasteiger partial charge in [-0.25, -0.2) is 4.98 Å². The number of nitrogens with one attached hydrogen (secondary N) is 2. The van der Waals surface area contributed by atoms with Crippen molar-refractivity contribution in [3.63, 3.8) is 0 Å². The monoisotopic (exact) mass is 345 g/mol. The fourth-order valence-corrected chi connectivity index (χ4v) is 2.27. The highest BCUT2D eigenvalue weighted by atomic mass is 79.9. The van der Waals surface area contributed by atoms with Crippen LogP contribution in [0.15, 0.2) is 51.7 Å². The summed E-state index contributed by atoms with van der Waals surface area (Å²) in [6, 6.07) is 10.8. The van der Waals surface area contributed by atoms with Crippen LogP contribution in [0.25, 0.3) is 11.3 Å². The van der Waals surface area contributed by atoms with Crippen LogP contribution in [0.5, 0.6) is 0 Å². The van der Waals surface area contributed by atoms with Crippen LogP contribution in [0, 0.1) is 6.92 Å². The summed E-state index contributed by atoms with van der Waals surface area (Å²) >= 11 is 3.17. The van der Waals surface area contributed by atoms with Crippen molar-refractivity contribution in [1.29, 1.82) is 0 Å². The zero-order valence-corrected chi connectivity index (χ0v) is 12.8. The van der Waals surface area contributed by atoms with Gasteiger partial charge in [0.25, 0.3) is 5.91 Å². The molecule has 0 aliphatic heterocycles. The zero-order chi connectivity index (χ0) is 14.8. The Kier molecular flexibility index (Phi) is 3.62. The number of aromatic nitrogens is 2. The van der Waals surface area contributed by atoms with E-state index in [1.165, 1.54) is 0 Å². The van der Waals surface area contributed by atoms with Crippen LogP contribution >= 0.6 is 15.9 Å². The Balaban J connectivity index is 1.82. The van der Waals surface area contributed by atoms with Gasteiger partial charge in [0.15, 0.2) is 10.4 Å². The topological polar surface area (TPSA) is 70.9 Å². The number of amides is 1. The van der Waals surface area contributed by atoms with Crippen LogP contribution in [0.4, 0.5) is 5.69 Å². The molecule has 106 valence electrons. The van der Waals surface area contributed by atoms with Gasteiger partial charge in [0.2, 0.25) is 0 Å². The van der Waals surface area contributed by atoms with E-state index in [1.807, 2.05) is 31.2 Å². The molecule has 2 aromatic heterocycles. The molecule has 0 aliphatic rings. The van der Waals surface area contributed by atoms with E-state index in [2.05, 4.69) is 31.2 Å². The molecule has 0 saturated heterocycles. The van der Waals surface area contributed by atoms with Gasteiger partial charge >= 0.3 is 0 Å². The third-order valence-corrected chi connectivity index (χ3v) is 3.36. The number of benzene rings is 1. The van der Waals surface area contributed by atoms with Crippen LogP contribution < -0.4 is 5.32 Å². The molecule has 2 heterocycles. The smallest absolute Gasteiger partial charge is 0.291 e. The Morgan fingerprint density at radius 3 is 2.86 bits per heavy atom. The lowest BCUT2D eigenvalue weighted by Crippen LogP contribution is -2.10. The summed E-state index contributed by atoms with van der Waals surface area (Å²) in [4.78, 5) is 19.4. The molecule has 0 spiro atoms. The molecule has 2 N–H and O–H groups in total. The number of halogens is 1. The summed E-state index contributed by atoms with van der Waals surface area (Å²) in [6.45, 7) is 1.89. The summed E-state index contributed by atoms with van der Waals surface area (Å²) < 4.78 is 5.75. The van der Waals surface area contributed by atoms with E-state index in [-0.39, 0.29) is 11.7 Å². The van der Waals surface area contributed by atoms with Crippen LogP contribution in [0.3, 0.4) is 0 Å². The number of carbonyl (C=O) groups is 1. The van der Waals surface area contributed by atoms with Crippen molar-refractivity contribution < 1.29 is 9.21 Å². The summed E-state index contributed by atoms with van der Waals surface area (Å²) in [6.07, 6.45) is 1.76. The van der Waals surface area contributed by atoms with Crippen LogP contribution in [0.2, 0.25) is 0 Å². The van der Waals surface area contributed by atoms with Crippen molar-refractivity contribution >= 4 is 27.5 Å². The van der Waals surface area contributed by atoms with Crippen molar-refractivity contribution in [2.75, 3.05) is 5.32 Å². The number of hydrogen-bond donors (Lipinski definition) is 2. The molecule has 0 fully saturated rings. The largest absolute Gasteiger partial charge is 0.444 e. The lowest BCUT2D eigenvalue weighted by Gasteiger charge is -2.05. The van der Waals surface area contributed by atoms with E-state index in [9.17, 15) is 4.79 Å². The van der Waals surface area contributed by atoms with Crippen LogP contribution in [-0.4, -0.2) is 15.9 Å². The maximum atomic E-state index is 12.0. The molecule has 0 bridgehead atoms. The highest BCUT2D eigenvalue weighted by Crippen LogP contribution is 2.22. The number of rotatable bonds is 3. The van der Waals surface area contributed by atoms with Crippen molar-refractivity contribution in [1.82, 2.24) is 9.97 Å². The second-order valence-electron chi connectivity index (χ2n) is 4.52. The zero-order valence-electron chi connectivity index (χ0n) is 11.2. The minimum atomic E-state index is -0.293. The van der Waals surface area contributed by atoms with Gasteiger partial charge < -0.3 is 14.7 Å². The molecule has 3 aromatic rings. The first-order valence-electron chi connectivity index (χ1n) is 6.30. The molecular weight excluding hydrogens is 334 g/mol. The number of imidazole rings is 1. The predicted molar refractivity (Wildman–Crippen MR) is 83.1 cm³/mol. The van der Waals surface area contributed by atoms with E-state index < -0.39 is 0 Å². The fraction of sp³-hybridized carbons (Fsp3) is 0.0667. The average Bonchev–Trinajstić information content (AvgIpc) is 3.08. The maximum Gasteiger partial charge on any atom is 0.291 e. The summed E-state index contributed by atoms with van der Waals surface area (Å²) in [5, 5.41) is 2.80. The van der Waals surface area contributed by atoms with Gasteiger partial charge in [-0.2, -0.15) is 0 Å². The molecule has 0 aliphatic carbocycles. The summed E-state index contributed by atoms with van der Waals surface area (Å²) in [5.74, 6) is 0.808. The third-order valence-electron chi connectivity index (χ3n) is 2.93. The number of carbonyl (C=O) groups excluding carboxylic acids is 1. The molecule has 21 heavy (non-hydrogen) atoms. The first-order chi connectivity index (χ1) is 10.1. The van der Waals surface area contributed by atoms with Crippen LogP contribution in [0.1, 0.15) is 16.4 Å². The standard InChI is InChI=1S/C15H12BrN3O2/c1-9-17-8-12(18-9)10-3-2-4-11(7-10)19-15(20)13-5-6-14(16)21-13/h2-8H,1H3,(H,17,18)(H,19,20). The second kappa shape index (κ2) is 5.57. The highest BCUT2D eigenvalue weighted by Gasteiger charge is 2.11. The third kappa shape index (κ3) is 3.05. The van der Waals surface area contributed by atoms with E-state index >= 15 is 0 Å². The van der Waals surface area contributed by atoms with Gasteiger partial charge in [-0.1, -0.05) is 12.1 Å². The number of H-pyrrole nitrogens is 1. The lowest BCUT2D eigenvalue weighted by atomic mass is 10.1. The van der Waals surface area contributed by atoms with Crippen molar-refractivity contribution in [3.8, 4) is 11.3 Å². The van der Waals surface area contributed by atoms with Crippen molar-refractivity contribution in [3.05, 3.63) is 58.8 Å². The fourth-order valence-electron chi connectivity index (χ4n) is 1.96. The Morgan fingerprint density at radius 1 is 1.33 bits per heavy atom. The predicted octanol–water partition coefficient (Wildman–Crippen LogP) is 3.99. The minimum absolute atomic E-state index is 0.254. The van der Waals surface area contributed by atoms with E-state index in [0.717, 1.165) is 17.1 Å². The molecule has 0 atom stereocenters. The first-order valence-corrected chi connectivity index (χ1v) is 7.10. The van der Waals surface area contributed by atoms with Gasteiger partial charge in [0, 0.05) is 11.3 Å². The molecule has 0 unspecified atom stereocenters. The van der Waals surface area contributed by atoms with Gasteiger partial charge in [-0.3, -0.25) is 4.79 Å². The molecule has 3 rings (SSSR count). The van der Waals surface area contributed by atoms with E-state index in [1.54, 1.807) is 18.3 Å². The maximum absolute atomic E-state index is 12.0. The van der Waals surface area contributed by atoms with Crippen molar-refractivity contribution in [2.24, 2.45) is 0 Å². The van der Waals surface area contributed by atoms with Gasteiger partial charge in [-0.15, -0.1) is 0 Å². The average molecular weight is 346 g/mol. The molecule has 5 nitrogen and oxygen atoms in total. The highest BCUT2D eigenvalue weighted by molar-refractivity contribution is 9.10. The quantitative estimate of drug-likeness (QED) is 0.753. The molecule has 0 saturated carbocycles. The molecular formula is C15H12BrN3O2. The SMILES string of the molecule is Cc1ncc(-c2cccc(NC(=O)c3ccc(Br)o3)c2)[nH]1. The van der Waals surface area contributed by atoms with Crippen molar-refractivity contribution in [2.45, 2.75) is 6.92 Å². The minimum Gasteiger partial charge on any atom is -0.444 e. The Morgan fingerprint density at radius 2 is 2.19 bits per heavy atom. The normalized spacial score (nSPS) is 10.6. The number of anilines is 1. The number of aromatic amines is 1. The van der Waals surface area contributed by atoms with Gasteiger partial charge in [0.1, 0.15) is 5.82 Å². The molecule has 1 aromatic carbocycles. The van der Waals surface area contributed by atoms with E-state index in [4.69, 9.17) is 4.42 Å². The first kappa shape index (κ1) is 13.6. The summed E-state index contributed by atoms with van der Waals surface area (Å²) in [5.41, 5.74) is 2.55. The Bertz CT molecular complexity index is 792. The van der Waals surface area contributed by atoms with Gasteiger partial charge in [0.05, 0.1) is 11.9 Å². The molecule has 1 amide bonds. The van der Waals surface area contributed by atoms with E-state index in [0.29, 0.717) is 10.4 Å².